The number of ketones is 1. The highest BCUT2D eigenvalue weighted by Crippen LogP contribution is 2.14. The van der Waals surface area contributed by atoms with E-state index in [4.69, 9.17) is 11.6 Å². The van der Waals surface area contributed by atoms with Crippen LogP contribution < -0.4 is 0 Å². The van der Waals surface area contributed by atoms with Crippen molar-refractivity contribution in [2.45, 2.75) is 26.2 Å². The molecule has 3 heteroatoms. The smallest absolute Gasteiger partial charge is 0.167 e. The fourth-order valence-corrected chi connectivity index (χ4v) is 1.62. The van der Waals surface area contributed by atoms with Crippen LogP contribution in [0, 0.1) is 5.82 Å². The van der Waals surface area contributed by atoms with Crippen LogP contribution in [-0.2, 0) is 6.42 Å². The summed E-state index contributed by atoms with van der Waals surface area (Å²) in [5.41, 5.74) is 1.08. The summed E-state index contributed by atoms with van der Waals surface area (Å²) in [4.78, 5) is 11.4. The lowest BCUT2D eigenvalue weighted by molar-refractivity contribution is 0.0985. The Morgan fingerprint density at radius 1 is 1.47 bits per heavy atom. The first-order chi connectivity index (χ1) is 7.19. The fraction of sp³-hybridized carbons (Fsp3) is 0.417. The van der Waals surface area contributed by atoms with Crippen molar-refractivity contribution >= 4 is 17.4 Å². The molecule has 0 atom stereocenters. The van der Waals surface area contributed by atoms with Gasteiger partial charge in [-0.25, -0.2) is 4.39 Å². The van der Waals surface area contributed by atoms with E-state index in [0.29, 0.717) is 0 Å². The molecule has 0 unspecified atom stereocenters. The van der Waals surface area contributed by atoms with E-state index in [2.05, 4.69) is 0 Å². The van der Waals surface area contributed by atoms with Gasteiger partial charge in [0.15, 0.2) is 5.78 Å². The molecule has 0 heterocycles. The summed E-state index contributed by atoms with van der Waals surface area (Å²) in [5.74, 6) is -0.434. The van der Waals surface area contributed by atoms with Gasteiger partial charge in [-0.15, -0.1) is 11.6 Å². The van der Waals surface area contributed by atoms with Crippen LogP contribution in [0.15, 0.2) is 18.2 Å². The zero-order valence-corrected chi connectivity index (χ0v) is 9.48. The number of aryl methyl sites for hydroxylation is 1. The van der Waals surface area contributed by atoms with Crippen molar-refractivity contribution in [3.8, 4) is 0 Å². The summed E-state index contributed by atoms with van der Waals surface area (Å²) in [6.07, 6.45) is 1.99. The maximum absolute atomic E-state index is 13.5. The second-order valence-electron chi connectivity index (χ2n) is 3.43. The Labute approximate surface area is 94.3 Å². The number of halogens is 2. The molecule has 0 bridgehead atoms. The van der Waals surface area contributed by atoms with Crippen LogP contribution in [0.3, 0.4) is 0 Å². The van der Waals surface area contributed by atoms with E-state index < -0.39 is 5.82 Å². The highest BCUT2D eigenvalue weighted by molar-refractivity contribution is 6.19. The first-order valence-corrected chi connectivity index (χ1v) is 5.60. The molecule has 1 aromatic rings. The van der Waals surface area contributed by atoms with Crippen molar-refractivity contribution in [1.29, 1.82) is 0 Å². The third-order valence-corrected chi connectivity index (χ3v) is 2.38. The van der Waals surface area contributed by atoms with Gasteiger partial charge in [0.05, 0.1) is 5.56 Å². The monoisotopic (exact) mass is 228 g/mol. The zero-order chi connectivity index (χ0) is 11.3. The molecule has 0 saturated carbocycles. The molecule has 0 radical (unpaired) electrons. The van der Waals surface area contributed by atoms with Crippen molar-refractivity contribution in [2.75, 3.05) is 5.88 Å². The molecule has 15 heavy (non-hydrogen) atoms. The molecule has 1 rings (SSSR count). The second-order valence-corrected chi connectivity index (χ2v) is 3.80. The number of hydrogen-bond acceptors (Lipinski definition) is 1. The predicted octanol–water partition coefficient (Wildman–Crippen LogP) is 3.59. The number of Topliss-reactive ketones (excluding diaryl/α,β-unsaturated/α-hetero) is 1. The van der Waals surface area contributed by atoms with E-state index in [9.17, 15) is 9.18 Å². The molecule has 0 spiro atoms. The van der Waals surface area contributed by atoms with Crippen molar-refractivity contribution in [2.24, 2.45) is 0 Å². The summed E-state index contributed by atoms with van der Waals surface area (Å²) >= 11 is 5.44. The molecule has 0 aliphatic rings. The lowest BCUT2D eigenvalue weighted by Crippen LogP contribution is -2.03. The number of carbonyl (C=O) groups excluding carboxylic acids is 1. The summed E-state index contributed by atoms with van der Waals surface area (Å²) in [6.45, 7) is 2.03. The molecule has 82 valence electrons. The standard InChI is InChI=1S/C12H14ClFO/c1-2-3-9-4-5-10(11(14)8-9)12(15)6-7-13/h4-5,8H,2-3,6-7H2,1H3. The molecule has 1 aromatic carbocycles. The molecule has 0 amide bonds. The summed E-state index contributed by atoms with van der Waals surface area (Å²) in [6, 6.07) is 4.79. The number of benzene rings is 1. The second kappa shape index (κ2) is 5.86. The van der Waals surface area contributed by atoms with Gasteiger partial charge in [-0.1, -0.05) is 19.4 Å². The van der Waals surface area contributed by atoms with Gasteiger partial charge in [-0.3, -0.25) is 4.79 Å². The molecule has 0 saturated heterocycles. The molecular weight excluding hydrogens is 215 g/mol. The average Bonchev–Trinajstić information content (AvgIpc) is 2.18. The summed E-state index contributed by atoms with van der Waals surface area (Å²) < 4.78 is 13.5. The topological polar surface area (TPSA) is 17.1 Å². The van der Waals surface area contributed by atoms with E-state index >= 15 is 0 Å². The number of hydrogen-bond donors (Lipinski definition) is 0. The van der Waals surface area contributed by atoms with E-state index in [1.54, 1.807) is 12.1 Å². The number of rotatable bonds is 5. The summed E-state index contributed by atoms with van der Waals surface area (Å²) in [7, 11) is 0. The zero-order valence-electron chi connectivity index (χ0n) is 8.72. The molecule has 0 aromatic heterocycles. The third kappa shape index (κ3) is 3.31. The SMILES string of the molecule is CCCc1ccc(C(=O)CCCl)c(F)c1. The van der Waals surface area contributed by atoms with Gasteiger partial charge < -0.3 is 0 Å². The van der Waals surface area contributed by atoms with Gasteiger partial charge in [-0.2, -0.15) is 0 Å². The van der Waals surface area contributed by atoms with E-state index in [0.717, 1.165) is 18.4 Å². The van der Waals surface area contributed by atoms with Gasteiger partial charge in [0, 0.05) is 12.3 Å². The van der Waals surface area contributed by atoms with Gasteiger partial charge in [0.25, 0.3) is 0 Å². The van der Waals surface area contributed by atoms with Gasteiger partial charge >= 0.3 is 0 Å². The lowest BCUT2D eigenvalue weighted by Gasteiger charge is -2.03. The Hall–Kier alpha value is -0.890. The van der Waals surface area contributed by atoms with Crippen LogP contribution in [0.2, 0.25) is 0 Å². The van der Waals surface area contributed by atoms with Crippen LogP contribution in [-0.4, -0.2) is 11.7 Å². The molecule has 0 aliphatic heterocycles. The maximum Gasteiger partial charge on any atom is 0.167 e. The Kier molecular flexibility index (Phi) is 4.76. The van der Waals surface area contributed by atoms with E-state index in [1.165, 1.54) is 6.07 Å². The molecule has 1 nitrogen and oxygen atoms in total. The van der Waals surface area contributed by atoms with Gasteiger partial charge in [0.1, 0.15) is 5.82 Å². The van der Waals surface area contributed by atoms with E-state index in [-0.39, 0.29) is 23.6 Å². The molecule has 0 aliphatic carbocycles. The Morgan fingerprint density at radius 3 is 2.73 bits per heavy atom. The predicted molar refractivity (Wildman–Crippen MR) is 60.1 cm³/mol. The van der Waals surface area contributed by atoms with E-state index in [1.807, 2.05) is 6.92 Å². The first kappa shape index (κ1) is 12.2. The number of carbonyl (C=O) groups is 1. The van der Waals surface area contributed by atoms with Crippen LogP contribution in [0.5, 0.6) is 0 Å². The Bertz CT molecular complexity index is 349. The van der Waals surface area contributed by atoms with Crippen LogP contribution >= 0.6 is 11.6 Å². The minimum Gasteiger partial charge on any atom is -0.294 e. The van der Waals surface area contributed by atoms with Gasteiger partial charge in [0.2, 0.25) is 0 Å². The van der Waals surface area contributed by atoms with Crippen molar-refractivity contribution in [3.05, 3.63) is 35.1 Å². The van der Waals surface area contributed by atoms with Crippen LogP contribution in [0.4, 0.5) is 4.39 Å². The average molecular weight is 229 g/mol. The minimum absolute atomic E-state index is 0.149. The normalized spacial score (nSPS) is 10.3. The Balaban J connectivity index is 2.87. The maximum atomic E-state index is 13.5. The van der Waals surface area contributed by atoms with Crippen molar-refractivity contribution in [3.63, 3.8) is 0 Å². The first-order valence-electron chi connectivity index (χ1n) is 5.06. The third-order valence-electron chi connectivity index (χ3n) is 2.19. The fourth-order valence-electron chi connectivity index (χ4n) is 1.45. The van der Waals surface area contributed by atoms with Crippen molar-refractivity contribution < 1.29 is 9.18 Å². The largest absolute Gasteiger partial charge is 0.294 e. The highest BCUT2D eigenvalue weighted by Gasteiger charge is 2.11. The lowest BCUT2D eigenvalue weighted by atomic mass is 10.0. The van der Waals surface area contributed by atoms with Gasteiger partial charge in [-0.05, 0) is 24.1 Å². The molecular formula is C12H14ClFO. The summed E-state index contributed by atoms with van der Waals surface area (Å²) in [5, 5.41) is 0. The molecule has 0 N–H and O–H groups in total. The minimum atomic E-state index is -0.434. The number of alkyl halides is 1. The van der Waals surface area contributed by atoms with Crippen LogP contribution in [0.25, 0.3) is 0 Å². The van der Waals surface area contributed by atoms with Crippen molar-refractivity contribution in [1.82, 2.24) is 0 Å². The molecule has 0 fully saturated rings. The van der Waals surface area contributed by atoms with Crippen LogP contribution in [0.1, 0.15) is 35.7 Å². The quantitative estimate of drug-likeness (QED) is 0.556. The Morgan fingerprint density at radius 2 is 2.20 bits per heavy atom. The highest BCUT2D eigenvalue weighted by atomic mass is 35.5.